The average molecular weight is 320 g/mol. The summed E-state index contributed by atoms with van der Waals surface area (Å²) in [6, 6.07) is 14.0. The largest absolute Gasteiger partial charge is 0.496 e. The first-order valence-electron chi connectivity index (χ1n) is 7.87. The number of aryl methyl sites for hydroxylation is 1. The molecule has 0 aliphatic carbocycles. The van der Waals surface area contributed by atoms with Gasteiger partial charge in [0, 0.05) is 30.1 Å². The van der Waals surface area contributed by atoms with Crippen LogP contribution in [0.3, 0.4) is 0 Å². The molecule has 0 atom stereocenters. The van der Waals surface area contributed by atoms with E-state index >= 15 is 0 Å². The van der Waals surface area contributed by atoms with Crippen LogP contribution in [0.4, 0.5) is 5.82 Å². The first-order chi connectivity index (χ1) is 11.8. The van der Waals surface area contributed by atoms with Crippen molar-refractivity contribution in [3.05, 3.63) is 66.2 Å². The third-order valence-electron chi connectivity index (χ3n) is 3.75. The number of rotatable bonds is 6. The maximum atomic E-state index is 5.38. The Morgan fingerprint density at radius 3 is 2.75 bits per heavy atom. The maximum Gasteiger partial charge on any atom is 0.129 e. The molecule has 0 bridgehead atoms. The second kappa shape index (κ2) is 7.55. The van der Waals surface area contributed by atoms with Gasteiger partial charge in [-0.3, -0.25) is 4.98 Å². The third-order valence-corrected chi connectivity index (χ3v) is 3.75. The van der Waals surface area contributed by atoms with Crippen LogP contribution in [0.25, 0.3) is 11.3 Å². The number of nitrogens with zero attached hydrogens (tertiary/aromatic N) is 3. The number of pyridine rings is 1. The number of hydrogen-bond acceptors (Lipinski definition) is 5. The minimum atomic E-state index is 0.770. The number of anilines is 1. The lowest BCUT2D eigenvalue weighted by atomic mass is 10.1. The first-order valence-corrected chi connectivity index (χ1v) is 7.87. The molecule has 0 amide bonds. The molecule has 2 aromatic heterocycles. The zero-order valence-corrected chi connectivity index (χ0v) is 13.9. The maximum absolute atomic E-state index is 5.38. The van der Waals surface area contributed by atoms with Crippen molar-refractivity contribution in [3.63, 3.8) is 0 Å². The van der Waals surface area contributed by atoms with Crippen molar-refractivity contribution in [3.8, 4) is 17.0 Å². The van der Waals surface area contributed by atoms with Gasteiger partial charge in [0.25, 0.3) is 0 Å². The van der Waals surface area contributed by atoms with Gasteiger partial charge in [-0.2, -0.15) is 0 Å². The molecule has 0 aliphatic rings. The molecule has 3 aromatic rings. The van der Waals surface area contributed by atoms with E-state index in [1.807, 2.05) is 43.3 Å². The van der Waals surface area contributed by atoms with Gasteiger partial charge in [0.05, 0.1) is 12.8 Å². The smallest absolute Gasteiger partial charge is 0.129 e. The summed E-state index contributed by atoms with van der Waals surface area (Å²) in [5.74, 6) is 1.72. The summed E-state index contributed by atoms with van der Waals surface area (Å²) in [7, 11) is 1.69. The Kier molecular flexibility index (Phi) is 5.01. The number of methoxy groups -OCH3 is 1. The highest BCUT2D eigenvalue weighted by Crippen LogP contribution is 2.20. The molecule has 5 heteroatoms. The lowest BCUT2D eigenvalue weighted by Gasteiger charge is -2.10. The minimum Gasteiger partial charge on any atom is -0.496 e. The van der Waals surface area contributed by atoms with E-state index in [0.29, 0.717) is 0 Å². The van der Waals surface area contributed by atoms with Crippen LogP contribution in [0, 0.1) is 6.92 Å². The normalized spacial score (nSPS) is 10.4. The van der Waals surface area contributed by atoms with E-state index in [0.717, 1.165) is 41.5 Å². The summed E-state index contributed by atoms with van der Waals surface area (Å²) < 4.78 is 5.38. The van der Waals surface area contributed by atoms with E-state index in [9.17, 15) is 0 Å². The number of aromatic nitrogens is 3. The van der Waals surface area contributed by atoms with Gasteiger partial charge in [-0.1, -0.05) is 18.2 Å². The van der Waals surface area contributed by atoms with Crippen molar-refractivity contribution in [2.45, 2.75) is 13.3 Å². The van der Waals surface area contributed by atoms with Crippen LogP contribution < -0.4 is 10.1 Å². The van der Waals surface area contributed by atoms with Crippen LogP contribution in [0.15, 0.2) is 55.0 Å². The van der Waals surface area contributed by atoms with Gasteiger partial charge in [0.15, 0.2) is 0 Å². The number of hydrogen-bond donors (Lipinski definition) is 1. The highest BCUT2D eigenvalue weighted by atomic mass is 16.5. The zero-order chi connectivity index (χ0) is 16.8. The van der Waals surface area contributed by atoms with Gasteiger partial charge in [-0.25, -0.2) is 9.97 Å². The molecular formula is C19H20N4O. The van der Waals surface area contributed by atoms with Crippen molar-refractivity contribution in [2.24, 2.45) is 0 Å². The van der Waals surface area contributed by atoms with Gasteiger partial charge in [-0.05, 0) is 37.1 Å². The van der Waals surface area contributed by atoms with Crippen molar-refractivity contribution in [1.29, 1.82) is 0 Å². The minimum absolute atomic E-state index is 0.770. The van der Waals surface area contributed by atoms with Crippen LogP contribution in [-0.2, 0) is 6.42 Å². The van der Waals surface area contributed by atoms with E-state index in [-0.39, 0.29) is 0 Å². The molecule has 24 heavy (non-hydrogen) atoms. The number of para-hydroxylation sites is 1. The van der Waals surface area contributed by atoms with Gasteiger partial charge in [0.2, 0.25) is 0 Å². The van der Waals surface area contributed by atoms with Gasteiger partial charge in [0.1, 0.15) is 17.9 Å². The molecule has 0 saturated carbocycles. The third kappa shape index (κ3) is 3.87. The summed E-state index contributed by atoms with van der Waals surface area (Å²) >= 11 is 0. The summed E-state index contributed by atoms with van der Waals surface area (Å²) in [5, 5.41) is 3.35. The Balaban J connectivity index is 1.67. The van der Waals surface area contributed by atoms with Crippen molar-refractivity contribution >= 4 is 5.82 Å². The Morgan fingerprint density at radius 1 is 1.04 bits per heavy atom. The highest BCUT2D eigenvalue weighted by Gasteiger charge is 2.04. The lowest BCUT2D eigenvalue weighted by Crippen LogP contribution is -2.07. The molecule has 0 spiro atoms. The van der Waals surface area contributed by atoms with Crippen LogP contribution in [0.5, 0.6) is 5.75 Å². The molecule has 122 valence electrons. The van der Waals surface area contributed by atoms with E-state index in [2.05, 4.69) is 26.3 Å². The SMILES string of the molecule is COc1ccccc1CCNc1cc(-c2ccnc(C)c2)ncn1. The Bertz CT molecular complexity index is 820. The number of nitrogens with one attached hydrogen (secondary N) is 1. The standard InChI is InChI=1S/C19H20N4O/c1-14-11-16(8-9-20-14)17-12-19(23-13-22-17)21-10-7-15-5-3-4-6-18(15)24-2/h3-6,8-9,11-13H,7,10H2,1-2H3,(H,21,22,23). The molecule has 0 aliphatic heterocycles. The highest BCUT2D eigenvalue weighted by molar-refractivity contribution is 5.62. The molecule has 1 aromatic carbocycles. The van der Waals surface area contributed by atoms with Gasteiger partial charge >= 0.3 is 0 Å². The number of ether oxygens (including phenoxy) is 1. The van der Waals surface area contributed by atoms with Crippen LogP contribution in [0.2, 0.25) is 0 Å². The molecule has 2 heterocycles. The lowest BCUT2D eigenvalue weighted by molar-refractivity contribution is 0.410. The summed E-state index contributed by atoms with van der Waals surface area (Å²) in [6.45, 7) is 2.74. The van der Waals surface area contributed by atoms with Crippen molar-refractivity contribution in [2.75, 3.05) is 19.0 Å². The average Bonchev–Trinajstić information content (AvgIpc) is 2.62. The van der Waals surface area contributed by atoms with E-state index in [1.165, 1.54) is 5.56 Å². The Hall–Kier alpha value is -2.95. The van der Waals surface area contributed by atoms with E-state index in [1.54, 1.807) is 19.6 Å². The van der Waals surface area contributed by atoms with Crippen LogP contribution >= 0.6 is 0 Å². The predicted octanol–water partition coefficient (Wildman–Crippen LogP) is 3.51. The van der Waals surface area contributed by atoms with Gasteiger partial charge in [-0.15, -0.1) is 0 Å². The Morgan fingerprint density at radius 2 is 1.92 bits per heavy atom. The molecule has 3 rings (SSSR count). The molecule has 0 saturated heterocycles. The summed E-state index contributed by atoms with van der Waals surface area (Å²) in [6.07, 6.45) is 4.23. The van der Waals surface area contributed by atoms with Crippen molar-refractivity contribution < 1.29 is 4.74 Å². The summed E-state index contributed by atoms with van der Waals surface area (Å²) in [5.41, 5.74) is 4.07. The molecular weight excluding hydrogens is 300 g/mol. The number of benzene rings is 1. The van der Waals surface area contributed by atoms with Crippen molar-refractivity contribution in [1.82, 2.24) is 15.0 Å². The fourth-order valence-corrected chi connectivity index (χ4v) is 2.55. The van der Waals surface area contributed by atoms with Crippen LogP contribution in [0.1, 0.15) is 11.3 Å². The molecule has 1 N–H and O–H groups in total. The summed E-state index contributed by atoms with van der Waals surface area (Å²) in [4.78, 5) is 12.9. The van der Waals surface area contributed by atoms with E-state index in [4.69, 9.17) is 4.74 Å². The molecule has 0 radical (unpaired) electrons. The van der Waals surface area contributed by atoms with Crippen LogP contribution in [-0.4, -0.2) is 28.6 Å². The molecule has 0 fully saturated rings. The fourth-order valence-electron chi connectivity index (χ4n) is 2.55. The topological polar surface area (TPSA) is 59.9 Å². The fraction of sp³-hybridized carbons (Fsp3) is 0.211. The molecule has 5 nitrogen and oxygen atoms in total. The quantitative estimate of drug-likeness (QED) is 0.753. The predicted molar refractivity (Wildman–Crippen MR) is 95.2 cm³/mol. The molecule has 0 unspecified atom stereocenters. The van der Waals surface area contributed by atoms with Gasteiger partial charge < -0.3 is 10.1 Å². The monoisotopic (exact) mass is 320 g/mol. The zero-order valence-electron chi connectivity index (χ0n) is 13.9. The second-order valence-corrected chi connectivity index (χ2v) is 5.46. The Labute approximate surface area is 141 Å². The van der Waals surface area contributed by atoms with E-state index < -0.39 is 0 Å². The second-order valence-electron chi connectivity index (χ2n) is 5.46. The first kappa shape index (κ1) is 15.9.